The molecule has 0 spiro atoms. The first-order valence-corrected chi connectivity index (χ1v) is 13.2. The van der Waals surface area contributed by atoms with E-state index in [9.17, 15) is 13.9 Å². The quantitative estimate of drug-likeness (QED) is 0.341. The second-order valence-corrected chi connectivity index (χ2v) is 10.3. The zero-order chi connectivity index (χ0) is 26.6. The molecule has 11 heteroatoms. The Morgan fingerprint density at radius 1 is 1.11 bits per heavy atom. The Morgan fingerprint density at radius 3 is 2.43 bits per heavy atom. The average Bonchev–Trinajstić information content (AvgIpc) is 3.37. The molecule has 1 unspecified atom stereocenters. The maximum Gasteiger partial charge on any atom is 0.251 e. The number of halogens is 2. The molecule has 2 aliphatic heterocycles. The molecular weight excluding hydrogens is 482 g/mol. The highest BCUT2D eigenvalue weighted by molar-refractivity contribution is 5.93. The van der Waals surface area contributed by atoms with Crippen LogP contribution in [-0.4, -0.2) is 104 Å². The summed E-state index contributed by atoms with van der Waals surface area (Å²) in [6.07, 6.45) is 1.83. The number of anilines is 2. The van der Waals surface area contributed by atoms with E-state index in [0.717, 1.165) is 26.1 Å². The van der Waals surface area contributed by atoms with Crippen LogP contribution in [0.4, 0.5) is 20.5 Å². The van der Waals surface area contributed by atoms with Gasteiger partial charge in [-0.2, -0.15) is 4.98 Å². The summed E-state index contributed by atoms with van der Waals surface area (Å²) in [5.41, 5.74) is 0.614. The number of hydrogen-bond donors (Lipinski definition) is 2. The van der Waals surface area contributed by atoms with Crippen LogP contribution in [-0.2, 0) is 0 Å². The van der Waals surface area contributed by atoms with Gasteiger partial charge in [-0.05, 0) is 59.4 Å². The van der Waals surface area contributed by atoms with E-state index < -0.39 is 18.2 Å². The van der Waals surface area contributed by atoms with Gasteiger partial charge in [0.25, 0.3) is 5.92 Å². The highest BCUT2D eigenvalue weighted by Gasteiger charge is 2.35. The first kappa shape index (κ1) is 27.5. The molecule has 1 aromatic heterocycles. The van der Waals surface area contributed by atoms with Gasteiger partial charge in [-0.15, -0.1) is 0 Å². The molecule has 0 bridgehead atoms. The van der Waals surface area contributed by atoms with E-state index in [4.69, 9.17) is 19.4 Å². The summed E-state index contributed by atoms with van der Waals surface area (Å²) in [6, 6.07) is 3.66. The molecule has 206 valence electrons. The fourth-order valence-corrected chi connectivity index (χ4v) is 4.98. The lowest BCUT2D eigenvalue weighted by Gasteiger charge is -2.33. The molecule has 2 atom stereocenters. The van der Waals surface area contributed by atoms with E-state index in [1.165, 1.54) is 12.8 Å². The molecule has 2 N–H and O–H groups in total. The van der Waals surface area contributed by atoms with E-state index >= 15 is 0 Å². The molecular formula is C26H40F2N6O3. The number of likely N-dealkylation sites (tertiary alicyclic amines) is 1. The van der Waals surface area contributed by atoms with Crippen molar-refractivity contribution in [2.75, 3.05) is 70.8 Å². The molecule has 0 radical (unpaired) electrons. The van der Waals surface area contributed by atoms with Gasteiger partial charge >= 0.3 is 0 Å². The van der Waals surface area contributed by atoms with Gasteiger partial charge in [0.15, 0.2) is 11.5 Å². The zero-order valence-corrected chi connectivity index (χ0v) is 22.3. The topological polar surface area (TPSA) is 86.2 Å². The number of fused-ring (bicyclic) bond motifs is 1. The standard InChI is InChI=1S/C26H40F2N6O3/c1-18(35)24(32(2)3)30-23-19-16-21(36-4)22(37-15-7-12-33-10-5-6-11-33)17-20(19)29-25(31-23)34-13-8-26(27,28)9-14-34/h16-18,24,35H,5-15H2,1-4H3,(H,29,30,31)/t18-,24?/m1/s1. The summed E-state index contributed by atoms with van der Waals surface area (Å²) in [4.78, 5) is 15.6. The average molecular weight is 523 g/mol. The third-order valence-corrected chi connectivity index (χ3v) is 7.12. The van der Waals surface area contributed by atoms with Crippen molar-refractivity contribution in [2.45, 2.75) is 57.2 Å². The smallest absolute Gasteiger partial charge is 0.251 e. The monoisotopic (exact) mass is 522 g/mol. The van der Waals surface area contributed by atoms with Crippen molar-refractivity contribution in [3.05, 3.63) is 12.1 Å². The summed E-state index contributed by atoms with van der Waals surface area (Å²) in [7, 11) is 5.30. The number of aliphatic hydroxyl groups excluding tert-OH is 1. The van der Waals surface area contributed by atoms with Crippen molar-refractivity contribution < 1.29 is 23.4 Å². The Hall–Kier alpha value is -2.50. The first-order chi connectivity index (χ1) is 17.7. The number of nitrogens with one attached hydrogen (secondary N) is 1. The molecule has 2 aliphatic rings. The van der Waals surface area contributed by atoms with E-state index in [1.54, 1.807) is 18.9 Å². The third kappa shape index (κ3) is 6.88. The second kappa shape index (κ2) is 11.9. The summed E-state index contributed by atoms with van der Waals surface area (Å²) in [5.74, 6) is -0.657. The van der Waals surface area contributed by atoms with Crippen molar-refractivity contribution >= 4 is 22.7 Å². The van der Waals surface area contributed by atoms with Gasteiger partial charge in [0, 0.05) is 43.9 Å². The van der Waals surface area contributed by atoms with Gasteiger partial charge in [-0.1, -0.05) is 0 Å². The SMILES string of the molecule is COc1cc2c(NC([C@@H](C)O)N(C)C)nc(N3CCC(F)(F)CC3)nc2cc1OCCCN1CCCC1. The minimum absolute atomic E-state index is 0.168. The number of alkyl halides is 2. The lowest BCUT2D eigenvalue weighted by atomic mass is 10.1. The van der Waals surface area contributed by atoms with Crippen LogP contribution in [0.3, 0.4) is 0 Å². The van der Waals surface area contributed by atoms with Crippen molar-refractivity contribution in [1.29, 1.82) is 0 Å². The van der Waals surface area contributed by atoms with E-state index in [1.807, 2.05) is 31.1 Å². The van der Waals surface area contributed by atoms with Crippen molar-refractivity contribution in [2.24, 2.45) is 0 Å². The van der Waals surface area contributed by atoms with Crippen molar-refractivity contribution in [1.82, 2.24) is 19.8 Å². The third-order valence-electron chi connectivity index (χ3n) is 7.12. The fraction of sp³-hybridized carbons (Fsp3) is 0.692. The molecule has 0 saturated carbocycles. The Bertz CT molecular complexity index is 1030. The summed E-state index contributed by atoms with van der Waals surface area (Å²) in [5, 5.41) is 14.4. The second-order valence-electron chi connectivity index (χ2n) is 10.3. The predicted molar refractivity (Wildman–Crippen MR) is 141 cm³/mol. The van der Waals surface area contributed by atoms with Gasteiger partial charge < -0.3 is 29.7 Å². The molecule has 1 aromatic carbocycles. The van der Waals surface area contributed by atoms with Gasteiger partial charge in [0.05, 0.1) is 25.3 Å². The zero-order valence-electron chi connectivity index (χ0n) is 22.3. The normalized spacial score (nSPS) is 19.8. The number of piperidine rings is 1. The van der Waals surface area contributed by atoms with Crippen LogP contribution < -0.4 is 19.7 Å². The Morgan fingerprint density at radius 2 is 1.81 bits per heavy atom. The molecule has 37 heavy (non-hydrogen) atoms. The minimum atomic E-state index is -2.67. The number of aromatic nitrogens is 2. The number of hydrogen-bond acceptors (Lipinski definition) is 9. The summed E-state index contributed by atoms with van der Waals surface area (Å²) < 4.78 is 39.4. The Kier molecular flexibility index (Phi) is 8.86. The largest absolute Gasteiger partial charge is 0.493 e. The van der Waals surface area contributed by atoms with Crippen LogP contribution in [0.5, 0.6) is 11.5 Å². The molecule has 2 fully saturated rings. The Balaban J connectivity index is 1.64. The fourth-order valence-electron chi connectivity index (χ4n) is 4.98. The maximum absolute atomic E-state index is 13.8. The number of likely N-dealkylation sites (N-methyl/N-ethyl adjacent to an activating group) is 1. The summed E-state index contributed by atoms with van der Waals surface area (Å²) in [6.45, 7) is 5.88. The van der Waals surface area contributed by atoms with Crippen LogP contribution in [0, 0.1) is 0 Å². The van der Waals surface area contributed by atoms with E-state index in [2.05, 4.69) is 10.2 Å². The lowest BCUT2D eigenvalue weighted by Crippen LogP contribution is -2.44. The van der Waals surface area contributed by atoms with Crippen LogP contribution in [0.25, 0.3) is 10.9 Å². The van der Waals surface area contributed by atoms with Gasteiger partial charge in [-0.3, -0.25) is 4.90 Å². The van der Waals surface area contributed by atoms with Crippen LogP contribution in [0.1, 0.15) is 39.0 Å². The van der Waals surface area contributed by atoms with Gasteiger partial charge in [0.1, 0.15) is 12.0 Å². The summed E-state index contributed by atoms with van der Waals surface area (Å²) >= 11 is 0. The molecule has 2 saturated heterocycles. The Labute approximate surface area is 217 Å². The van der Waals surface area contributed by atoms with Crippen LogP contribution in [0.2, 0.25) is 0 Å². The maximum atomic E-state index is 13.8. The molecule has 0 amide bonds. The van der Waals surface area contributed by atoms with Gasteiger partial charge in [0.2, 0.25) is 5.95 Å². The molecule has 0 aliphatic carbocycles. The molecule has 9 nitrogen and oxygen atoms in total. The highest BCUT2D eigenvalue weighted by atomic mass is 19.3. The number of nitrogens with zero attached hydrogens (tertiary/aromatic N) is 5. The first-order valence-electron chi connectivity index (χ1n) is 13.2. The predicted octanol–water partition coefficient (Wildman–Crippen LogP) is 3.42. The number of ether oxygens (including phenoxy) is 2. The van der Waals surface area contributed by atoms with Gasteiger partial charge in [-0.25, -0.2) is 13.8 Å². The van der Waals surface area contributed by atoms with E-state index in [0.29, 0.717) is 40.8 Å². The molecule has 4 rings (SSSR count). The molecule has 3 heterocycles. The van der Waals surface area contributed by atoms with E-state index in [-0.39, 0.29) is 25.9 Å². The van der Waals surface area contributed by atoms with Crippen molar-refractivity contribution in [3.8, 4) is 11.5 Å². The van der Waals surface area contributed by atoms with Crippen LogP contribution >= 0.6 is 0 Å². The number of methoxy groups -OCH3 is 1. The van der Waals surface area contributed by atoms with Crippen LogP contribution in [0.15, 0.2) is 12.1 Å². The highest BCUT2D eigenvalue weighted by Crippen LogP contribution is 2.37. The number of benzene rings is 1. The minimum Gasteiger partial charge on any atom is -0.493 e. The molecule has 2 aromatic rings. The number of aliphatic hydroxyl groups is 1. The lowest BCUT2D eigenvalue weighted by molar-refractivity contribution is -0.0222. The number of rotatable bonds is 11. The van der Waals surface area contributed by atoms with Crippen molar-refractivity contribution in [3.63, 3.8) is 0 Å².